The van der Waals surface area contributed by atoms with E-state index in [1.807, 2.05) is 4.90 Å². The normalized spacial score (nSPS) is 16.4. The van der Waals surface area contributed by atoms with Crippen molar-refractivity contribution < 1.29 is 15.0 Å². The Morgan fingerprint density at radius 1 is 1.45 bits per heavy atom. The minimum atomic E-state index is -0.785. The second kappa shape index (κ2) is 6.23. The lowest BCUT2D eigenvalue weighted by Gasteiger charge is -2.32. The molecule has 1 aliphatic heterocycles. The molecule has 0 unspecified atom stereocenters. The molecular formula is C12H16ClN3O4. The minimum Gasteiger partial charge on any atom is -0.481 e. The van der Waals surface area contributed by atoms with Gasteiger partial charge in [0.25, 0.3) is 5.56 Å². The van der Waals surface area contributed by atoms with Crippen LogP contribution in [-0.4, -0.2) is 45.7 Å². The number of piperidine rings is 1. The Hall–Kier alpha value is -1.60. The van der Waals surface area contributed by atoms with Crippen molar-refractivity contribution in [3.8, 4) is 0 Å². The first-order chi connectivity index (χ1) is 9.54. The highest BCUT2D eigenvalue weighted by Gasteiger charge is 2.26. The standard InChI is InChI=1S/C12H16ClN3O4/c13-10-9(7-14-16(5-6-17)11(10)18)15-3-1-8(2-4-15)12(19)20/h7-8,17H,1-6H2,(H,19,20). The Balaban J connectivity index is 2.17. The molecule has 8 heteroatoms. The van der Waals surface area contributed by atoms with Crippen LogP contribution in [0.5, 0.6) is 0 Å². The predicted molar refractivity (Wildman–Crippen MR) is 73.2 cm³/mol. The lowest BCUT2D eigenvalue weighted by molar-refractivity contribution is -0.142. The topological polar surface area (TPSA) is 95.7 Å². The monoisotopic (exact) mass is 301 g/mol. The van der Waals surface area contributed by atoms with Crippen LogP contribution in [-0.2, 0) is 11.3 Å². The maximum Gasteiger partial charge on any atom is 0.306 e. The van der Waals surface area contributed by atoms with Gasteiger partial charge in [-0.05, 0) is 12.8 Å². The van der Waals surface area contributed by atoms with Crippen LogP contribution in [0.25, 0.3) is 0 Å². The first kappa shape index (κ1) is 14.8. The van der Waals surface area contributed by atoms with E-state index in [-0.39, 0.29) is 24.1 Å². The van der Waals surface area contributed by atoms with Gasteiger partial charge >= 0.3 is 5.97 Å². The summed E-state index contributed by atoms with van der Waals surface area (Å²) in [6, 6.07) is 0. The first-order valence-corrected chi connectivity index (χ1v) is 6.76. The molecule has 110 valence electrons. The number of hydrogen-bond donors (Lipinski definition) is 2. The van der Waals surface area contributed by atoms with Gasteiger partial charge in [0.1, 0.15) is 5.02 Å². The van der Waals surface area contributed by atoms with Crippen LogP contribution in [0.1, 0.15) is 12.8 Å². The summed E-state index contributed by atoms with van der Waals surface area (Å²) in [6.45, 7) is 0.968. The van der Waals surface area contributed by atoms with E-state index >= 15 is 0 Å². The summed E-state index contributed by atoms with van der Waals surface area (Å²) in [4.78, 5) is 24.7. The number of anilines is 1. The predicted octanol–water partition coefficient (Wildman–Crippen LogP) is 0.190. The quantitative estimate of drug-likeness (QED) is 0.824. The van der Waals surface area contributed by atoms with E-state index in [1.165, 1.54) is 6.20 Å². The second-order valence-electron chi connectivity index (χ2n) is 4.70. The number of hydrogen-bond acceptors (Lipinski definition) is 5. The molecule has 1 aliphatic rings. The van der Waals surface area contributed by atoms with Crippen LogP contribution in [0.3, 0.4) is 0 Å². The molecule has 1 saturated heterocycles. The van der Waals surface area contributed by atoms with E-state index in [4.69, 9.17) is 21.8 Å². The summed E-state index contributed by atoms with van der Waals surface area (Å²) in [5.74, 6) is -1.13. The lowest BCUT2D eigenvalue weighted by atomic mass is 9.97. The molecular weight excluding hydrogens is 286 g/mol. The summed E-state index contributed by atoms with van der Waals surface area (Å²) in [5, 5.41) is 21.8. The molecule has 0 aliphatic carbocycles. The van der Waals surface area contributed by atoms with Gasteiger partial charge < -0.3 is 15.1 Å². The third kappa shape index (κ3) is 2.94. The molecule has 1 aromatic heterocycles. The lowest BCUT2D eigenvalue weighted by Crippen LogP contribution is -2.38. The van der Waals surface area contributed by atoms with Crippen molar-refractivity contribution in [2.75, 3.05) is 24.6 Å². The number of aliphatic hydroxyl groups is 1. The van der Waals surface area contributed by atoms with Crippen molar-refractivity contribution in [3.05, 3.63) is 21.6 Å². The van der Waals surface area contributed by atoms with Gasteiger partial charge in [0.2, 0.25) is 0 Å². The minimum absolute atomic E-state index is 0.0576. The molecule has 0 atom stereocenters. The van der Waals surface area contributed by atoms with Crippen LogP contribution in [0, 0.1) is 5.92 Å². The van der Waals surface area contributed by atoms with Gasteiger partial charge in [0.05, 0.1) is 31.0 Å². The number of aliphatic hydroxyl groups excluding tert-OH is 1. The molecule has 7 nitrogen and oxygen atoms in total. The highest BCUT2D eigenvalue weighted by atomic mass is 35.5. The Labute approximate surface area is 120 Å². The smallest absolute Gasteiger partial charge is 0.306 e. The molecule has 0 amide bonds. The molecule has 0 bridgehead atoms. The average Bonchev–Trinajstić information content (AvgIpc) is 2.44. The van der Waals surface area contributed by atoms with Crippen LogP contribution >= 0.6 is 11.6 Å². The maximum absolute atomic E-state index is 11.9. The van der Waals surface area contributed by atoms with Crippen molar-refractivity contribution in [1.29, 1.82) is 0 Å². The molecule has 2 N–H and O–H groups in total. The van der Waals surface area contributed by atoms with E-state index in [0.717, 1.165) is 4.68 Å². The van der Waals surface area contributed by atoms with Gasteiger partial charge in [-0.15, -0.1) is 0 Å². The van der Waals surface area contributed by atoms with Gasteiger partial charge in [-0.2, -0.15) is 5.10 Å². The van der Waals surface area contributed by atoms with Gasteiger partial charge in [0.15, 0.2) is 0 Å². The molecule has 2 heterocycles. The van der Waals surface area contributed by atoms with Crippen molar-refractivity contribution in [1.82, 2.24) is 9.78 Å². The number of aromatic nitrogens is 2. The van der Waals surface area contributed by atoms with E-state index < -0.39 is 11.5 Å². The zero-order valence-corrected chi connectivity index (χ0v) is 11.6. The molecule has 0 saturated carbocycles. The summed E-state index contributed by atoms with van der Waals surface area (Å²) in [5.41, 5.74) is 0.0771. The largest absolute Gasteiger partial charge is 0.481 e. The molecule has 1 aromatic rings. The van der Waals surface area contributed by atoms with Gasteiger partial charge in [-0.1, -0.05) is 11.6 Å². The fourth-order valence-corrected chi connectivity index (χ4v) is 2.56. The second-order valence-corrected chi connectivity index (χ2v) is 5.07. The van der Waals surface area contributed by atoms with Crippen molar-refractivity contribution in [2.45, 2.75) is 19.4 Å². The van der Waals surface area contributed by atoms with Crippen LogP contribution < -0.4 is 10.5 Å². The zero-order valence-electron chi connectivity index (χ0n) is 10.8. The fraction of sp³-hybridized carbons (Fsp3) is 0.583. The zero-order chi connectivity index (χ0) is 14.7. The molecule has 2 rings (SSSR count). The van der Waals surface area contributed by atoms with Gasteiger partial charge in [0, 0.05) is 13.1 Å². The molecule has 0 radical (unpaired) electrons. The maximum atomic E-state index is 11.9. The summed E-state index contributed by atoms with van der Waals surface area (Å²) in [6.07, 6.45) is 2.53. The van der Waals surface area contributed by atoms with E-state index in [1.54, 1.807) is 0 Å². The summed E-state index contributed by atoms with van der Waals surface area (Å²) in [7, 11) is 0. The SMILES string of the molecule is O=C(O)C1CCN(c2cnn(CCO)c(=O)c2Cl)CC1. The molecule has 20 heavy (non-hydrogen) atoms. The van der Waals surface area contributed by atoms with Crippen molar-refractivity contribution in [2.24, 2.45) is 5.92 Å². The van der Waals surface area contributed by atoms with Gasteiger partial charge in [-0.3, -0.25) is 9.59 Å². The fourth-order valence-electron chi connectivity index (χ4n) is 2.30. The number of nitrogens with zero attached hydrogens (tertiary/aromatic N) is 3. The summed E-state index contributed by atoms with van der Waals surface area (Å²) < 4.78 is 1.11. The first-order valence-electron chi connectivity index (χ1n) is 6.39. The molecule has 0 aromatic carbocycles. The average molecular weight is 302 g/mol. The number of halogens is 1. The van der Waals surface area contributed by atoms with E-state index in [0.29, 0.717) is 31.6 Å². The Morgan fingerprint density at radius 2 is 2.10 bits per heavy atom. The molecule has 1 fully saturated rings. The van der Waals surface area contributed by atoms with E-state index in [9.17, 15) is 9.59 Å². The van der Waals surface area contributed by atoms with Crippen molar-refractivity contribution >= 4 is 23.3 Å². The Bertz CT molecular complexity index is 552. The number of carbonyl (C=O) groups is 1. The molecule has 0 spiro atoms. The third-order valence-corrected chi connectivity index (χ3v) is 3.82. The van der Waals surface area contributed by atoms with E-state index in [2.05, 4.69) is 5.10 Å². The Morgan fingerprint density at radius 3 is 2.65 bits per heavy atom. The Kier molecular flexibility index (Phi) is 4.61. The number of aliphatic carboxylic acids is 1. The van der Waals surface area contributed by atoms with Gasteiger partial charge in [-0.25, -0.2) is 4.68 Å². The van der Waals surface area contributed by atoms with Crippen molar-refractivity contribution in [3.63, 3.8) is 0 Å². The highest BCUT2D eigenvalue weighted by molar-refractivity contribution is 6.33. The van der Waals surface area contributed by atoms with Crippen LogP contribution in [0.2, 0.25) is 5.02 Å². The number of carboxylic acid groups (broad SMARTS) is 1. The highest BCUT2D eigenvalue weighted by Crippen LogP contribution is 2.26. The van der Waals surface area contributed by atoms with Crippen LogP contribution in [0.15, 0.2) is 11.0 Å². The van der Waals surface area contributed by atoms with Crippen LogP contribution in [0.4, 0.5) is 5.69 Å². The third-order valence-electron chi connectivity index (χ3n) is 3.46. The summed E-state index contributed by atoms with van der Waals surface area (Å²) >= 11 is 6.05. The number of rotatable bonds is 4. The number of carboxylic acids is 1.